The Labute approximate surface area is 42.5 Å². The fourth-order valence-electron chi connectivity index (χ4n) is 0.0833. The van der Waals surface area contributed by atoms with Gasteiger partial charge in [-0.2, -0.15) is 0 Å². The Morgan fingerprint density at radius 2 is 2.29 bits per heavy atom. The van der Waals surface area contributed by atoms with Gasteiger partial charge in [0.15, 0.2) is 12.0 Å². The van der Waals surface area contributed by atoms with Crippen LogP contribution in [0.15, 0.2) is 0 Å². The second-order valence-electron chi connectivity index (χ2n) is 1.75. The Bertz CT molecular complexity index is 68.5. The quantitative estimate of drug-likeness (QED) is 0.483. The van der Waals surface area contributed by atoms with Crippen molar-refractivity contribution >= 4 is 6.29 Å². The van der Waals surface area contributed by atoms with E-state index in [-0.39, 0.29) is 6.42 Å². The lowest BCUT2D eigenvalue weighted by Gasteiger charge is -2.05. The zero-order valence-electron chi connectivity index (χ0n) is 4.57. The molecule has 1 atom stereocenters. The molecule has 0 aliphatic carbocycles. The fraction of sp³-hybridized carbons (Fsp3) is 0.800. The van der Waals surface area contributed by atoms with Gasteiger partial charge >= 0.3 is 0 Å². The number of halogens is 1. The summed E-state index contributed by atoms with van der Waals surface area (Å²) in [4.78, 5) is 9.68. The first kappa shape index (κ1) is 6.60. The maximum absolute atomic E-state index is 12.2. The van der Waals surface area contributed by atoms with Crippen LogP contribution in [0.25, 0.3) is 0 Å². The van der Waals surface area contributed by atoms with Gasteiger partial charge in [0.2, 0.25) is 0 Å². The first-order valence-corrected chi connectivity index (χ1v) is 2.27. The Hall–Kier alpha value is -0.400. The highest BCUT2D eigenvalue weighted by atomic mass is 19.1. The van der Waals surface area contributed by atoms with Crippen LogP contribution in [0.4, 0.5) is 4.39 Å². The van der Waals surface area contributed by atoms with Gasteiger partial charge in [-0.05, 0) is 13.3 Å². The van der Waals surface area contributed by atoms with Gasteiger partial charge in [-0.15, -0.1) is 0 Å². The summed E-state index contributed by atoms with van der Waals surface area (Å²) in [5, 5.41) is 0. The van der Waals surface area contributed by atoms with Crippen molar-refractivity contribution in [1.82, 2.24) is 0 Å². The molecular formula is C5H9FO. The standard InChI is InChI=1S/C5H9FO/c1-3-5(2,6)4-7/h4H,3H2,1-2H3. The summed E-state index contributed by atoms with van der Waals surface area (Å²) < 4.78 is 12.2. The molecule has 1 nitrogen and oxygen atoms in total. The van der Waals surface area contributed by atoms with E-state index in [0.29, 0.717) is 6.29 Å². The van der Waals surface area contributed by atoms with Gasteiger partial charge in [0, 0.05) is 0 Å². The molecule has 0 N–H and O–H groups in total. The van der Waals surface area contributed by atoms with Crippen LogP contribution in [0.5, 0.6) is 0 Å². The topological polar surface area (TPSA) is 17.1 Å². The molecule has 0 aromatic carbocycles. The molecule has 0 saturated carbocycles. The van der Waals surface area contributed by atoms with E-state index < -0.39 is 5.67 Å². The minimum absolute atomic E-state index is 0.260. The molecule has 0 aliphatic rings. The van der Waals surface area contributed by atoms with Crippen LogP contribution in [0.2, 0.25) is 0 Å². The van der Waals surface area contributed by atoms with E-state index in [4.69, 9.17) is 0 Å². The molecule has 0 rings (SSSR count). The second-order valence-corrected chi connectivity index (χ2v) is 1.75. The number of alkyl halides is 1. The van der Waals surface area contributed by atoms with E-state index in [9.17, 15) is 9.18 Å². The highest BCUT2D eigenvalue weighted by molar-refractivity contribution is 5.61. The minimum atomic E-state index is -1.60. The van der Waals surface area contributed by atoms with Crippen LogP contribution in [0.3, 0.4) is 0 Å². The first-order valence-electron chi connectivity index (χ1n) is 2.27. The number of carbonyl (C=O) groups excluding carboxylic acids is 1. The normalized spacial score (nSPS) is 18.1. The summed E-state index contributed by atoms with van der Waals surface area (Å²) in [7, 11) is 0. The van der Waals surface area contributed by atoms with Gasteiger partial charge in [-0.3, -0.25) is 4.79 Å². The Balaban J connectivity index is 3.58. The van der Waals surface area contributed by atoms with Crippen molar-refractivity contribution in [2.45, 2.75) is 25.9 Å². The molecular weight excluding hydrogens is 95.1 g/mol. The number of carbonyl (C=O) groups is 1. The van der Waals surface area contributed by atoms with Gasteiger partial charge in [-0.1, -0.05) is 6.92 Å². The molecule has 0 aliphatic heterocycles. The lowest BCUT2D eigenvalue weighted by Crippen LogP contribution is -2.17. The largest absolute Gasteiger partial charge is 0.300 e. The highest BCUT2D eigenvalue weighted by Crippen LogP contribution is 2.09. The predicted molar refractivity (Wildman–Crippen MR) is 25.9 cm³/mol. The van der Waals surface area contributed by atoms with E-state index in [1.54, 1.807) is 6.92 Å². The van der Waals surface area contributed by atoms with Crippen LogP contribution >= 0.6 is 0 Å². The maximum Gasteiger partial charge on any atom is 0.162 e. The third-order valence-electron chi connectivity index (χ3n) is 0.937. The van der Waals surface area contributed by atoms with Crippen LogP contribution in [0, 0.1) is 0 Å². The van der Waals surface area contributed by atoms with Crippen molar-refractivity contribution in [3.05, 3.63) is 0 Å². The van der Waals surface area contributed by atoms with Gasteiger partial charge in [0.05, 0.1) is 0 Å². The molecule has 1 unspecified atom stereocenters. The second kappa shape index (κ2) is 2.05. The van der Waals surface area contributed by atoms with E-state index in [2.05, 4.69) is 0 Å². The van der Waals surface area contributed by atoms with E-state index in [1.807, 2.05) is 0 Å². The van der Waals surface area contributed by atoms with Crippen molar-refractivity contribution in [3.63, 3.8) is 0 Å². The van der Waals surface area contributed by atoms with Crippen LogP contribution in [-0.2, 0) is 4.79 Å². The number of rotatable bonds is 2. The summed E-state index contributed by atoms with van der Waals surface area (Å²) in [6.07, 6.45) is 0.587. The van der Waals surface area contributed by atoms with E-state index >= 15 is 0 Å². The van der Waals surface area contributed by atoms with E-state index in [1.165, 1.54) is 6.92 Å². The lowest BCUT2D eigenvalue weighted by atomic mass is 10.1. The fourth-order valence-corrected chi connectivity index (χ4v) is 0.0833. The molecule has 0 fully saturated rings. The lowest BCUT2D eigenvalue weighted by molar-refractivity contribution is -0.117. The molecule has 42 valence electrons. The first-order chi connectivity index (χ1) is 3.12. The molecule has 0 spiro atoms. The third-order valence-corrected chi connectivity index (χ3v) is 0.937. The molecule has 7 heavy (non-hydrogen) atoms. The van der Waals surface area contributed by atoms with Gasteiger partial charge in [-0.25, -0.2) is 4.39 Å². The third kappa shape index (κ3) is 2.31. The zero-order valence-corrected chi connectivity index (χ0v) is 4.57. The number of aldehydes is 1. The van der Waals surface area contributed by atoms with Crippen molar-refractivity contribution in [2.75, 3.05) is 0 Å². The van der Waals surface area contributed by atoms with Crippen molar-refractivity contribution in [1.29, 1.82) is 0 Å². The monoisotopic (exact) mass is 104 g/mol. The number of hydrogen-bond acceptors (Lipinski definition) is 1. The van der Waals surface area contributed by atoms with Gasteiger partial charge in [0.1, 0.15) is 0 Å². The molecule has 0 aromatic heterocycles. The van der Waals surface area contributed by atoms with Crippen molar-refractivity contribution < 1.29 is 9.18 Å². The molecule has 0 amide bonds. The highest BCUT2D eigenvalue weighted by Gasteiger charge is 2.17. The van der Waals surface area contributed by atoms with Gasteiger partial charge < -0.3 is 0 Å². The Kier molecular flexibility index (Phi) is 1.93. The molecule has 0 aromatic rings. The number of hydrogen-bond donors (Lipinski definition) is 0. The summed E-state index contributed by atoms with van der Waals surface area (Å²) in [6, 6.07) is 0. The van der Waals surface area contributed by atoms with Crippen LogP contribution < -0.4 is 0 Å². The SMILES string of the molecule is CCC(C)(F)C=O. The van der Waals surface area contributed by atoms with Crippen molar-refractivity contribution in [3.8, 4) is 0 Å². The van der Waals surface area contributed by atoms with Crippen LogP contribution in [0.1, 0.15) is 20.3 Å². The summed E-state index contributed by atoms with van der Waals surface area (Å²) in [5.74, 6) is 0. The molecule has 2 heteroatoms. The Morgan fingerprint density at radius 3 is 2.29 bits per heavy atom. The molecule has 0 heterocycles. The Morgan fingerprint density at radius 1 is 1.86 bits per heavy atom. The average Bonchev–Trinajstić information content (AvgIpc) is 1.68. The van der Waals surface area contributed by atoms with Crippen molar-refractivity contribution in [2.24, 2.45) is 0 Å². The molecule has 0 bridgehead atoms. The predicted octanol–water partition coefficient (Wildman–Crippen LogP) is 1.32. The van der Waals surface area contributed by atoms with Crippen LogP contribution in [-0.4, -0.2) is 12.0 Å². The maximum atomic E-state index is 12.2. The van der Waals surface area contributed by atoms with Gasteiger partial charge in [0.25, 0.3) is 0 Å². The average molecular weight is 104 g/mol. The molecule has 0 radical (unpaired) electrons. The summed E-state index contributed by atoms with van der Waals surface area (Å²) in [5.41, 5.74) is -1.60. The summed E-state index contributed by atoms with van der Waals surface area (Å²) >= 11 is 0. The smallest absolute Gasteiger partial charge is 0.162 e. The molecule has 0 saturated heterocycles. The van der Waals surface area contributed by atoms with E-state index in [0.717, 1.165) is 0 Å². The summed E-state index contributed by atoms with van der Waals surface area (Å²) in [6.45, 7) is 2.90. The minimum Gasteiger partial charge on any atom is -0.300 e. The zero-order chi connectivity index (χ0) is 5.91.